The molecule has 3 heteroatoms. The fraction of sp³-hybridized carbons (Fsp3) is 0.471. The average Bonchev–Trinajstić information content (AvgIpc) is 3.21. The monoisotopic (exact) mass is 291 g/mol. The molecule has 2 rings (SSSR count). The smallest absolute Gasteiger partial charge is 0.244 e. The van der Waals surface area contributed by atoms with Crippen LogP contribution in [0, 0.1) is 11.8 Å². The number of amides is 1. The highest BCUT2D eigenvalue weighted by Gasteiger charge is 2.24. The fourth-order valence-electron chi connectivity index (χ4n) is 2.36. The van der Waals surface area contributed by atoms with Crippen LogP contribution in [0.25, 0.3) is 0 Å². The van der Waals surface area contributed by atoms with Crippen molar-refractivity contribution >= 4 is 17.5 Å². The summed E-state index contributed by atoms with van der Waals surface area (Å²) in [5, 5.41) is 3.82. The lowest BCUT2D eigenvalue weighted by Gasteiger charge is -2.22. The second kappa shape index (κ2) is 6.45. The van der Waals surface area contributed by atoms with Gasteiger partial charge in [-0.1, -0.05) is 43.2 Å². The van der Waals surface area contributed by atoms with Gasteiger partial charge in [0.05, 0.1) is 6.04 Å². The minimum absolute atomic E-state index is 0.00282. The lowest BCUT2D eigenvalue weighted by Crippen LogP contribution is -2.30. The highest BCUT2D eigenvalue weighted by Crippen LogP contribution is 2.36. The molecule has 2 nitrogen and oxygen atoms in total. The van der Waals surface area contributed by atoms with Gasteiger partial charge in [-0.05, 0) is 49.3 Å². The predicted octanol–water partition coefficient (Wildman–Crippen LogP) is 4.51. The largest absolute Gasteiger partial charge is 0.345 e. The summed E-state index contributed by atoms with van der Waals surface area (Å²) in [4.78, 5) is 12.1. The van der Waals surface area contributed by atoms with E-state index >= 15 is 0 Å². The normalized spacial score (nSPS) is 17.1. The Morgan fingerprint density at radius 2 is 1.90 bits per heavy atom. The Labute approximate surface area is 126 Å². The highest BCUT2D eigenvalue weighted by molar-refractivity contribution is 6.30. The summed E-state index contributed by atoms with van der Waals surface area (Å²) in [6, 6.07) is 7.70. The van der Waals surface area contributed by atoms with Gasteiger partial charge in [0.2, 0.25) is 5.91 Å². The molecule has 1 fully saturated rings. The molecule has 1 aromatic rings. The van der Waals surface area contributed by atoms with Gasteiger partial charge in [-0.15, -0.1) is 0 Å². The average molecular weight is 292 g/mol. The van der Waals surface area contributed by atoms with Gasteiger partial charge in [0.15, 0.2) is 0 Å². The van der Waals surface area contributed by atoms with Crippen LogP contribution in [0.15, 0.2) is 35.9 Å². The van der Waals surface area contributed by atoms with Crippen LogP contribution in [0.3, 0.4) is 0 Å². The van der Waals surface area contributed by atoms with Crippen molar-refractivity contribution < 1.29 is 4.79 Å². The molecule has 1 atom stereocenters. The van der Waals surface area contributed by atoms with Gasteiger partial charge in [-0.3, -0.25) is 4.79 Å². The van der Waals surface area contributed by atoms with Crippen molar-refractivity contribution in [2.24, 2.45) is 11.8 Å². The molecule has 1 N–H and O–H groups in total. The van der Waals surface area contributed by atoms with Crippen molar-refractivity contribution in [1.29, 1.82) is 0 Å². The van der Waals surface area contributed by atoms with Gasteiger partial charge in [-0.2, -0.15) is 0 Å². The number of hydrogen-bond acceptors (Lipinski definition) is 1. The van der Waals surface area contributed by atoms with E-state index in [0.29, 0.717) is 16.9 Å². The first-order valence-corrected chi connectivity index (χ1v) is 7.59. The van der Waals surface area contributed by atoms with E-state index < -0.39 is 0 Å². The number of hydrogen-bond donors (Lipinski definition) is 1. The standard InChI is InChI=1S/C17H22ClNO/c1-11(2)17(14-6-8-15(18)9-7-14)19-16(20)10-12(3)13-4-5-13/h6-11,13,17H,4-5H2,1-3H3,(H,19,20)/b12-10+. The first kappa shape index (κ1) is 15.1. The van der Waals surface area contributed by atoms with Crippen LogP contribution in [-0.2, 0) is 4.79 Å². The summed E-state index contributed by atoms with van der Waals surface area (Å²) in [7, 11) is 0. The van der Waals surface area contributed by atoms with E-state index in [1.165, 1.54) is 18.4 Å². The van der Waals surface area contributed by atoms with Crippen molar-refractivity contribution in [3.63, 3.8) is 0 Å². The molecule has 108 valence electrons. The van der Waals surface area contributed by atoms with Crippen molar-refractivity contribution in [3.8, 4) is 0 Å². The number of allylic oxidation sites excluding steroid dienone is 1. The van der Waals surface area contributed by atoms with Crippen molar-refractivity contribution in [3.05, 3.63) is 46.5 Å². The summed E-state index contributed by atoms with van der Waals surface area (Å²) >= 11 is 5.92. The second-order valence-electron chi connectivity index (χ2n) is 5.94. The van der Waals surface area contributed by atoms with Gasteiger partial charge in [0.25, 0.3) is 0 Å². The number of halogens is 1. The third-order valence-electron chi connectivity index (χ3n) is 3.77. The summed E-state index contributed by atoms with van der Waals surface area (Å²) < 4.78 is 0. The van der Waals surface area contributed by atoms with Gasteiger partial charge < -0.3 is 5.32 Å². The quantitative estimate of drug-likeness (QED) is 0.795. The molecule has 1 amide bonds. The van der Waals surface area contributed by atoms with Gasteiger partial charge in [-0.25, -0.2) is 0 Å². The molecule has 0 radical (unpaired) electrons. The summed E-state index contributed by atoms with van der Waals surface area (Å²) in [6.45, 7) is 6.26. The van der Waals surface area contributed by atoms with Crippen LogP contribution in [-0.4, -0.2) is 5.91 Å². The molecule has 0 bridgehead atoms. The number of rotatable bonds is 5. The molecule has 0 aliphatic heterocycles. The number of carbonyl (C=O) groups excluding carboxylic acids is 1. The van der Waals surface area contributed by atoms with E-state index in [2.05, 4.69) is 19.2 Å². The second-order valence-corrected chi connectivity index (χ2v) is 6.38. The molecule has 0 saturated heterocycles. The minimum atomic E-state index is 0.00282. The molecule has 0 aromatic heterocycles. The van der Waals surface area contributed by atoms with E-state index in [0.717, 1.165) is 5.56 Å². The van der Waals surface area contributed by atoms with Crippen molar-refractivity contribution in [2.45, 2.75) is 39.7 Å². The molecule has 1 unspecified atom stereocenters. The Balaban J connectivity index is 2.07. The molecule has 1 saturated carbocycles. The molecule has 1 aliphatic carbocycles. The lowest BCUT2D eigenvalue weighted by atomic mass is 9.96. The summed E-state index contributed by atoms with van der Waals surface area (Å²) in [5.41, 5.74) is 2.29. The third kappa shape index (κ3) is 4.11. The Bertz CT molecular complexity index is 500. The van der Waals surface area contributed by atoms with E-state index in [1.807, 2.05) is 31.2 Å². The van der Waals surface area contributed by atoms with Gasteiger partial charge in [0.1, 0.15) is 0 Å². The Hall–Kier alpha value is -1.28. The predicted molar refractivity (Wildman–Crippen MR) is 83.7 cm³/mol. The fourth-order valence-corrected chi connectivity index (χ4v) is 2.49. The SMILES string of the molecule is C/C(=C\C(=O)NC(c1ccc(Cl)cc1)C(C)C)C1CC1. The Morgan fingerprint density at radius 1 is 1.30 bits per heavy atom. The van der Waals surface area contributed by atoms with E-state index in [9.17, 15) is 4.79 Å². The Morgan fingerprint density at radius 3 is 2.40 bits per heavy atom. The number of benzene rings is 1. The zero-order valence-electron chi connectivity index (χ0n) is 12.3. The summed E-state index contributed by atoms with van der Waals surface area (Å²) in [6.07, 6.45) is 4.20. The maximum Gasteiger partial charge on any atom is 0.244 e. The van der Waals surface area contributed by atoms with Crippen LogP contribution in [0.4, 0.5) is 0 Å². The third-order valence-corrected chi connectivity index (χ3v) is 4.03. The van der Waals surface area contributed by atoms with Crippen LogP contribution < -0.4 is 5.32 Å². The maximum absolute atomic E-state index is 12.1. The van der Waals surface area contributed by atoms with Crippen LogP contribution in [0.1, 0.15) is 45.2 Å². The molecule has 0 heterocycles. The lowest BCUT2D eigenvalue weighted by molar-refractivity contribution is -0.117. The minimum Gasteiger partial charge on any atom is -0.345 e. The molecular formula is C17H22ClNO. The topological polar surface area (TPSA) is 29.1 Å². The van der Waals surface area contributed by atoms with Crippen LogP contribution in [0.5, 0.6) is 0 Å². The van der Waals surface area contributed by atoms with Gasteiger partial charge in [0, 0.05) is 11.1 Å². The molecule has 20 heavy (non-hydrogen) atoms. The molecular weight excluding hydrogens is 270 g/mol. The first-order valence-electron chi connectivity index (χ1n) is 7.21. The van der Waals surface area contributed by atoms with E-state index in [-0.39, 0.29) is 11.9 Å². The van der Waals surface area contributed by atoms with Crippen LogP contribution >= 0.6 is 11.6 Å². The van der Waals surface area contributed by atoms with E-state index in [1.54, 1.807) is 6.08 Å². The van der Waals surface area contributed by atoms with Gasteiger partial charge >= 0.3 is 0 Å². The van der Waals surface area contributed by atoms with Crippen LogP contribution in [0.2, 0.25) is 5.02 Å². The zero-order valence-corrected chi connectivity index (χ0v) is 13.1. The molecule has 1 aromatic carbocycles. The maximum atomic E-state index is 12.1. The van der Waals surface area contributed by atoms with Crippen molar-refractivity contribution in [2.75, 3.05) is 0 Å². The van der Waals surface area contributed by atoms with E-state index in [4.69, 9.17) is 11.6 Å². The number of nitrogens with one attached hydrogen (secondary N) is 1. The zero-order chi connectivity index (χ0) is 14.7. The number of carbonyl (C=O) groups is 1. The Kier molecular flexibility index (Phi) is 4.87. The molecule has 1 aliphatic rings. The highest BCUT2D eigenvalue weighted by atomic mass is 35.5. The van der Waals surface area contributed by atoms with Crippen molar-refractivity contribution in [1.82, 2.24) is 5.32 Å². The first-order chi connectivity index (χ1) is 9.47. The molecule has 0 spiro atoms. The summed E-state index contributed by atoms with van der Waals surface area (Å²) in [5.74, 6) is 0.964.